The zero-order valence-corrected chi connectivity index (χ0v) is 36.8. The molecule has 0 heterocycles. The van der Waals surface area contributed by atoms with Crippen LogP contribution in [0.1, 0.15) is 117 Å². The third-order valence-corrected chi connectivity index (χ3v) is 11.3. The van der Waals surface area contributed by atoms with Crippen molar-refractivity contribution >= 4 is 33.9 Å². The molecule has 0 fully saturated rings. The van der Waals surface area contributed by atoms with Gasteiger partial charge >= 0.3 is 0 Å². The number of hydrogen-bond donors (Lipinski definition) is 1. The van der Waals surface area contributed by atoms with Crippen LogP contribution in [-0.4, -0.2) is 0 Å². The van der Waals surface area contributed by atoms with Crippen LogP contribution in [0.2, 0.25) is 0 Å². The van der Waals surface area contributed by atoms with Crippen molar-refractivity contribution in [2.75, 3.05) is 10.2 Å². The summed E-state index contributed by atoms with van der Waals surface area (Å²) in [5, 5.41) is 3.78. The van der Waals surface area contributed by atoms with Crippen LogP contribution in [0.15, 0.2) is 170 Å². The predicted octanol–water partition coefficient (Wildman–Crippen LogP) is 16.5. The molecule has 0 aliphatic heterocycles. The lowest BCUT2D eigenvalue weighted by molar-refractivity contribution is 0.229. The number of nitrogens with zero attached hydrogens (tertiary/aromatic N) is 1. The zero-order valence-electron chi connectivity index (χ0n) is 36.8. The van der Waals surface area contributed by atoms with Crippen LogP contribution in [0.25, 0.3) is 11.1 Å². The maximum absolute atomic E-state index is 3.78. The summed E-state index contributed by atoms with van der Waals surface area (Å²) < 4.78 is 0. The lowest BCUT2D eigenvalue weighted by Crippen LogP contribution is -2.23. The van der Waals surface area contributed by atoms with Crippen molar-refractivity contribution in [1.29, 1.82) is 0 Å². The highest BCUT2D eigenvalue weighted by Crippen LogP contribution is 2.44. The predicted molar refractivity (Wildman–Crippen MR) is 254 cm³/mol. The molecule has 0 amide bonds. The highest BCUT2D eigenvalue weighted by molar-refractivity contribution is 5.81. The molecule has 300 valence electrons. The van der Waals surface area contributed by atoms with E-state index in [4.69, 9.17) is 0 Å². The first-order valence-corrected chi connectivity index (χ1v) is 21.4. The van der Waals surface area contributed by atoms with Crippen molar-refractivity contribution in [2.45, 2.75) is 99.8 Å². The summed E-state index contributed by atoms with van der Waals surface area (Å²) >= 11 is 0. The van der Waals surface area contributed by atoms with E-state index in [1.165, 1.54) is 39.1 Å². The van der Waals surface area contributed by atoms with E-state index >= 15 is 0 Å². The monoisotopic (exact) mass is 767 g/mol. The summed E-state index contributed by atoms with van der Waals surface area (Å²) in [5.74, 6) is 0.685. The van der Waals surface area contributed by atoms with Crippen molar-refractivity contribution in [3.8, 4) is 0 Å². The fourth-order valence-corrected chi connectivity index (χ4v) is 8.11. The third-order valence-electron chi connectivity index (χ3n) is 11.3. The molecule has 2 atom stereocenters. The van der Waals surface area contributed by atoms with E-state index in [1.807, 2.05) is 0 Å². The van der Waals surface area contributed by atoms with Gasteiger partial charge in [0, 0.05) is 34.4 Å². The molecule has 58 heavy (non-hydrogen) atoms. The molecule has 1 N–H and O–H groups in total. The summed E-state index contributed by atoms with van der Waals surface area (Å²) in [6.45, 7) is 23.3. The second-order valence-corrected chi connectivity index (χ2v) is 19.4. The molecule has 0 radical (unpaired) electrons. The van der Waals surface area contributed by atoms with E-state index in [0.29, 0.717) is 5.92 Å². The molecule has 0 saturated carbocycles. The van der Waals surface area contributed by atoms with Crippen LogP contribution in [0.4, 0.5) is 22.7 Å². The quantitative estimate of drug-likeness (QED) is 0.127. The Morgan fingerprint density at radius 3 is 1.76 bits per heavy atom. The fourth-order valence-electron chi connectivity index (χ4n) is 8.11. The first-order valence-electron chi connectivity index (χ1n) is 21.4. The van der Waals surface area contributed by atoms with E-state index in [-0.39, 0.29) is 22.2 Å². The van der Waals surface area contributed by atoms with Gasteiger partial charge in [-0.05, 0) is 129 Å². The van der Waals surface area contributed by atoms with E-state index in [2.05, 4.69) is 243 Å². The first kappa shape index (κ1) is 42.3. The van der Waals surface area contributed by atoms with Gasteiger partial charge in [0.05, 0.1) is 0 Å². The Kier molecular flexibility index (Phi) is 13.2. The molecule has 5 aromatic carbocycles. The highest BCUT2D eigenvalue weighted by Gasteiger charge is 2.30. The minimum absolute atomic E-state index is 0.124. The molecule has 2 heteroatoms. The van der Waals surface area contributed by atoms with Gasteiger partial charge in [-0.25, -0.2) is 0 Å². The number of hydrogen-bond acceptors (Lipinski definition) is 2. The van der Waals surface area contributed by atoms with Gasteiger partial charge in [-0.15, -0.1) is 0 Å². The molecule has 2 unspecified atom stereocenters. The van der Waals surface area contributed by atoms with E-state index in [0.717, 1.165) is 42.0 Å². The molecule has 6 rings (SSSR count). The second-order valence-electron chi connectivity index (χ2n) is 19.4. The van der Waals surface area contributed by atoms with Crippen molar-refractivity contribution in [1.82, 2.24) is 0 Å². The van der Waals surface area contributed by atoms with E-state index < -0.39 is 0 Å². The van der Waals surface area contributed by atoms with Crippen molar-refractivity contribution < 1.29 is 0 Å². The van der Waals surface area contributed by atoms with Crippen LogP contribution in [-0.2, 0) is 5.41 Å². The Morgan fingerprint density at radius 2 is 1.24 bits per heavy atom. The molecule has 5 aromatic rings. The number of anilines is 4. The highest BCUT2D eigenvalue weighted by atomic mass is 15.1. The first-order chi connectivity index (χ1) is 27.6. The average Bonchev–Trinajstić information content (AvgIpc) is 3.19. The van der Waals surface area contributed by atoms with Crippen LogP contribution < -0.4 is 10.2 Å². The maximum Gasteiger partial charge on any atom is 0.0462 e. The molecule has 1 aliphatic rings. The topological polar surface area (TPSA) is 15.3 Å². The van der Waals surface area contributed by atoms with Gasteiger partial charge in [-0.2, -0.15) is 0 Å². The zero-order chi connectivity index (χ0) is 41.5. The minimum atomic E-state index is 0.124. The number of para-hydroxylation sites is 2. The minimum Gasteiger partial charge on any atom is -0.359 e. The molecule has 0 bridgehead atoms. The Labute approximate surface area is 351 Å². The molecular weight excluding hydrogens is 701 g/mol. The summed E-state index contributed by atoms with van der Waals surface area (Å²) in [6.07, 6.45) is 14.8. The Morgan fingerprint density at radius 1 is 0.672 bits per heavy atom. The van der Waals surface area contributed by atoms with Gasteiger partial charge in [0.25, 0.3) is 0 Å². The van der Waals surface area contributed by atoms with Crippen LogP contribution in [0, 0.1) is 16.7 Å². The maximum atomic E-state index is 3.78. The number of rotatable bonds is 12. The molecule has 0 saturated heterocycles. The SMILES string of the molecule is CC/C=C(\C=C/C1CC(Nc2ccc(C(C)(C)C)cc2)=CC=C1c1ccc(C(CC(C)(C)C)C(C)(C)C)cc1)c1ccc(N(c2ccccc2)c2ccccc2)cc1. The number of benzene rings is 5. The van der Waals surface area contributed by atoms with Crippen molar-refractivity contribution in [3.63, 3.8) is 0 Å². The van der Waals surface area contributed by atoms with Gasteiger partial charge in [-0.1, -0.05) is 178 Å². The van der Waals surface area contributed by atoms with Gasteiger partial charge in [-0.3, -0.25) is 0 Å². The summed E-state index contributed by atoms with van der Waals surface area (Å²) in [5.41, 5.74) is 14.2. The van der Waals surface area contributed by atoms with Crippen LogP contribution in [0.3, 0.4) is 0 Å². The molecule has 1 aliphatic carbocycles. The fraction of sp³-hybridized carbons (Fsp3) is 0.321. The summed E-state index contributed by atoms with van der Waals surface area (Å²) in [7, 11) is 0. The standard InChI is InChI=1S/C56H66N2/c1-11-18-41(42-29-36-51(37-30-42)58(49-19-14-12-15-20-49)50-21-16-13-17-22-50)23-28-45-39-48(57-47-33-31-46(32-34-47)55(5,6)7)35-38-52(45)43-24-26-44(27-25-43)53(56(8,9)10)40-54(2,3)4/h12-38,45,53,57H,11,39-40H2,1-10H3/b28-23-,41-18+. The normalized spacial score (nSPS) is 15.8. The Hall–Kier alpha value is -5.34. The smallest absolute Gasteiger partial charge is 0.0462 e. The van der Waals surface area contributed by atoms with Gasteiger partial charge in [0.2, 0.25) is 0 Å². The summed E-state index contributed by atoms with van der Waals surface area (Å²) in [4.78, 5) is 2.32. The van der Waals surface area contributed by atoms with Crippen molar-refractivity contribution in [2.24, 2.45) is 16.7 Å². The molecule has 2 nitrogen and oxygen atoms in total. The van der Waals surface area contributed by atoms with Crippen LogP contribution in [0.5, 0.6) is 0 Å². The Balaban J connectivity index is 1.31. The third kappa shape index (κ3) is 11.0. The average molecular weight is 767 g/mol. The van der Waals surface area contributed by atoms with Gasteiger partial charge in [0.1, 0.15) is 0 Å². The van der Waals surface area contributed by atoms with Crippen LogP contribution >= 0.6 is 0 Å². The molecular formula is C56H66N2. The largest absolute Gasteiger partial charge is 0.359 e. The lowest BCUT2D eigenvalue weighted by atomic mass is 9.69. The molecule has 0 spiro atoms. The summed E-state index contributed by atoms with van der Waals surface area (Å²) in [6, 6.07) is 48.7. The van der Waals surface area contributed by atoms with E-state index in [1.54, 1.807) is 0 Å². The van der Waals surface area contributed by atoms with Gasteiger partial charge in [0.15, 0.2) is 0 Å². The number of allylic oxidation sites excluding steroid dienone is 8. The van der Waals surface area contributed by atoms with Crippen molar-refractivity contribution in [3.05, 3.63) is 192 Å². The molecule has 0 aromatic heterocycles. The second kappa shape index (κ2) is 18.1. The Bertz CT molecular complexity index is 2160. The number of nitrogens with one attached hydrogen (secondary N) is 1. The van der Waals surface area contributed by atoms with Gasteiger partial charge < -0.3 is 10.2 Å². The lowest BCUT2D eigenvalue weighted by Gasteiger charge is -2.36. The van der Waals surface area contributed by atoms with E-state index in [9.17, 15) is 0 Å².